The van der Waals surface area contributed by atoms with Crippen molar-refractivity contribution in [1.29, 1.82) is 5.26 Å². The number of hydrogen-bond acceptors (Lipinski definition) is 5. The lowest BCUT2D eigenvalue weighted by molar-refractivity contribution is -0.142. The number of carbonyl (C=O) groups excluding carboxylic acids is 2. The predicted molar refractivity (Wildman–Crippen MR) is 124 cm³/mol. The molecule has 1 aliphatic rings. The number of aromatic nitrogens is 2. The van der Waals surface area contributed by atoms with Crippen molar-refractivity contribution in [3.63, 3.8) is 0 Å². The van der Waals surface area contributed by atoms with E-state index in [0.29, 0.717) is 12.0 Å². The van der Waals surface area contributed by atoms with Crippen LogP contribution in [-0.4, -0.2) is 38.6 Å². The summed E-state index contributed by atoms with van der Waals surface area (Å²) in [6, 6.07) is 17.6. The van der Waals surface area contributed by atoms with Crippen LogP contribution >= 0.6 is 0 Å². The minimum Gasteiger partial charge on any atom is -0.480 e. The van der Waals surface area contributed by atoms with Crippen LogP contribution in [0.15, 0.2) is 54.6 Å². The third-order valence-electron chi connectivity index (χ3n) is 5.83. The maximum Gasteiger partial charge on any atom is 0.326 e. The maximum absolute atomic E-state index is 13.4. The smallest absolute Gasteiger partial charge is 0.326 e. The molecule has 1 aromatic heterocycles. The van der Waals surface area contributed by atoms with Crippen LogP contribution in [0.5, 0.6) is 0 Å². The van der Waals surface area contributed by atoms with Crippen molar-refractivity contribution in [1.82, 2.24) is 15.1 Å². The fraction of sp³-hybridized carbons (Fsp3) is 0.269. The SMILES string of the molecule is CC(C)C[C@H](NC(=O)C(C#N)C(=O)c1nn(-c2ccccc2)c2c1Cc1ccccc1-2)C(=O)O. The Morgan fingerprint density at radius 1 is 1.12 bits per heavy atom. The van der Waals surface area contributed by atoms with Gasteiger partial charge < -0.3 is 10.4 Å². The molecule has 8 nitrogen and oxygen atoms in total. The van der Waals surface area contributed by atoms with Gasteiger partial charge in [-0.15, -0.1) is 0 Å². The summed E-state index contributed by atoms with van der Waals surface area (Å²) in [5, 5.41) is 26.0. The Bertz CT molecular complexity index is 1300. The molecule has 8 heteroatoms. The van der Waals surface area contributed by atoms with E-state index in [1.807, 2.05) is 68.4 Å². The summed E-state index contributed by atoms with van der Waals surface area (Å²) in [5.41, 5.74) is 4.16. The van der Waals surface area contributed by atoms with Gasteiger partial charge in [0, 0.05) is 17.5 Å². The Morgan fingerprint density at radius 2 is 1.79 bits per heavy atom. The summed E-state index contributed by atoms with van der Waals surface area (Å²) in [4.78, 5) is 37.8. The van der Waals surface area contributed by atoms with Crippen molar-refractivity contribution in [2.45, 2.75) is 32.7 Å². The number of aliphatic carboxylic acids is 1. The second kappa shape index (κ2) is 9.32. The normalized spacial score (nSPS) is 13.5. The molecule has 0 aliphatic heterocycles. The highest BCUT2D eigenvalue weighted by Crippen LogP contribution is 2.40. The van der Waals surface area contributed by atoms with E-state index in [1.54, 1.807) is 10.8 Å². The third-order valence-corrected chi connectivity index (χ3v) is 5.83. The molecule has 2 N–H and O–H groups in total. The van der Waals surface area contributed by atoms with Crippen LogP contribution in [0, 0.1) is 23.2 Å². The van der Waals surface area contributed by atoms with Crippen LogP contribution in [0.25, 0.3) is 16.9 Å². The summed E-state index contributed by atoms with van der Waals surface area (Å²) in [5.74, 6) is -4.59. The predicted octanol–water partition coefficient (Wildman–Crippen LogP) is 3.38. The first-order valence-corrected chi connectivity index (χ1v) is 11.0. The zero-order valence-electron chi connectivity index (χ0n) is 18.9. The first-order valence-electron chi connectivity index (χ1n) is 11.0. The first-order chi connectivity index (χ1) is 16.3. The second-order valence-electron chi connectivity index (χ2n) is 8.71. The van der Waals surface area contributed by atoms with Gasteiger partial charge in [0.05, 0.1) is 17.5 Å². The number of benzene rings is 2. The number of ketones is 1. The summed E-state index contributed by atoms with van der Waals surface area (Å²) < 4.78 is 1.67. The van der Waals surface area contributed by atoms with Gasteiger partial charge in [-0.3, -0.25) is 9.59 Å². The molecule has 172 valence electrons. The fourth-order valence-electron chi connectivity index (χ4n) is 4.27. The van der Waals surface area contributed by atoms with Crippen LogP contribution in [-0.2, 0) is 16.0 Å². The van der Waals surface area contributed by atoms with E-state index in [4.69, 9.17) is 0 Å². The summed E-state index contributed by atoms with van der Waals surface area (Å²) in [6.45, 7) is 3.65. The molecule has 2 atom stereocenters. The third kappa shape index (κ3) is 4.20. The molecular formula is C26H24N4O4. The van der Waals surface area contributed by atoms with Crippen molar-refractivity contribution in [3.05, 3.63) is 71.4 Å². The highest BCUT2D eigenvalue weighted by molar-refractivity contribution is 6.13. The molecule has 4 rings (SSSR count). The maximum atomic E-state index is 13.4. The highest BCUT2D eigenvalue weighted by atomic mass is 16.4. The van der Waals surface area contributed by atoms with E-state index >= 15 is 0 Å². The van der Waals surface area contributed by atoms with E-state index in [1.165, 1.54) is 0 Å². The van der Waals surface area contributed by atoms with Gasteiger partial charge in [-0.2, -0.15) is 10.4 Å². The van der Waals surface area contributed by atoms with Gasteiger partial charge in [0.2, 0.25) is 11.7 Å². The quantitative estimate of drug-likeness (QED) is 0.309. The molecule has 0 saturated carbocycles. The van der Waals surface area contributed by atoms with Gasteiger partial charge in [-0.25, -0.2) is 9.48 Å². The lowest BCUT2D eigenvalue weighted by Crippen LogP contribution is -2.45. The number of nitrogens with zero attached hydrogens (tertiary/aromatic N) is 3. The van der Waals surface area contributed by atoms with Crippen molar-refractivity contribution in [2.75, 3.05) is 0 Å². The van der Waals surface area contributed by atoms with Crippen molar-refractivity contribution < 1.29 is 19.5 Å². The van der Waals surface area contributed by atoms with Gasteiger partial charge >= 0.3 is 5.97 Å². The minimum absolute atomic E-state index is 0.000909. The van der Waals surface area contributed by atoms with Gasteiger partial charge in [-0.1, -0.05) is 56.3 Å². The molecule has 3 aromatic rings. The summed E-state index contributed by atoms with van der Waals surface area (Å²) in [6.07, 6.45) is 0.630. The number of rotatable bonds is 8. The Balaban J connectivity index is 1.72. The number of fused-ring (bicyclic) bond motifs is 3. The zero-order valence-corrected chi connectivity index (χ0v) is 18.9. The molecule has 2 aromatic carbocycles. The van der Waals surface area contributed by atoms with Crippen LogP contribution in [0.1, 0.15) is 41.9 Å². The second-order valence-corrected chi connectivity index (χ2v) is 8.71. The van der Waals surface area contributed by atoms with Crippen LogP contribution < -0.4 is 5.32 Å². The number of carboxylic acids is 1. The average Bonchev–Trinajstić information content (AvgIpc) is 3.36. The molecule has 0 fully saturated rings. The molecule has 0 bridgehead atoms. The van der Waals surface area contributed by atoms with Gasteiger partial charge in [-0.05, 0) is 30.0 Å². The molecule has 1 unspecified atom stereocenters. The molecule has 1 amide bonds. The van der Waals surface area contributed by atoms with Crippen LogP contribution in [0.3, 0.4) is 0 Å². The minimum atomic E-state index is -1.71. The monoisotopic (exact) mass is 456 g/mol. The number of amides is 1. The van der Waals surface area contributed by atoms with Crippen molar-refractivity contribution >= 4 is 17.7 Å². The van der Waals surface area contributed by atoms with E-state index < -0.39 is 29.6 Å². The zero-order chi connectivity index (χ0) is 24.4. The highest BCUT2D eigenvalue weighted by Gasteiger charge is 2.37. The molecule has 0 radical (unpaired) electrons. The van der Waals surface area contributed by atoms with E-state index in [2.05, 4.69) is 10.4 Å². The van der Waals surface area contributed by atoms with Gasteiger partial charge in [0.15, 0.2) is 5.92 Å². The van der Waals surface area contributed by atoms with Crippen molar-refractivity contribution in [3.8, 4) is 23.0 Å². The number of para-hydroxylation sites is 1. The van der Waals surface area contributed by atoms with Gasteiger partial charge in [0.25, 0.3) is 0 Å². The largest absolute Gasteiger partial charge is 0.480 e. The Morgan fingerprint density at radius 3 is 2.44 bits per heavy atom. The molecular weight excluding hydrogens is 432 g/mol. The number of Topliss-reactive ketones (excluding diaryl/α,β-unsaturated/α-hetero) is 1. The molecule has 34 heavy (non-hydrogen) atoms. The Hall–Kier alpha value is -4.25. The standard InChI is InChI=1S/C26H24N4O4/c1-15(2)12-21(26(33)34)28-25(32)20(14-27)24(31)22-19-13-16-8-6-7-11-18(16)23(19)30(29-22)17-9-4-3-5-10-17/h3-11,15,20-21H,12-13H2,1-2H3,(H,28,32)(H,33,34)/t20?,21-/m0/s1. The lowest BCUT2D eigenvalue weighted by atomic mass is 9.97. The molecule has 0 saturated heterocycles. The molecule has 1 aliphatic carbocycles. The number of nitriles is 1. The number of carboxylic acid groups (broad SMARTS) is 1. The topological polar surface area (TPSA) is 125 Å². The Labute approximate surface area is 196 Å². The molecule has 1 heterocycles. The fourth-order valence-corrected chi connectivity index (χ4v) is 4.27. The summed E-state index contributed by atoms with van der Waals surface area (Å²) >= 11 is 0. The van der Waals surface area contributed by atoms with E-state index in [9.17, 15) is 24.8 Å². The first kappa shape index (κ1) is 22.9. The van der Waals surface area contributed by atoms with E-state index in [0.717, 1.165) is 22.5 Å². The number of hydrogen-bond donors (Lipinski definition) is 2. The lowest BCUT2D eigenvalue weighted by Gasteiger charge is -2.17. The number of nitrogens with one attached hydrogen (secondary N) is 1. The van der Waals surface area contributed by atoms with Crippen LogP contribution in [0.4, 0.5) is 0 Å². The van der Waals surface area contributed by atoms with E-state index in [-0.39, 0.29) is 18.0 Å². The summed E-state index contributed by atoms with van der Waals surface area (Å²) in [7, 11) is 0. The molecule has 0 spiro atoms. The number of carbonyl (C=O) groups is 3. The average molecular weight is 457 g/mol. The van der Waals surface area contributed by atoms with Crippen LogP contribution in [0.2, 0.25) is 0 Å². The Kier molecular flexibility index (Phi) is 6.28. The van der Waals surface area contributed by atoms with Crippen molar-refractivity contribution in [2.24, 2.45) is 11.8 Å². The van der Waals surface area contributed by atoms with Gasteiger partial charge in [0.1, 0.15) is 11.7 Å².